The third-order valence-electron chi connectivity index (χ3n) is 5.66. The molecule has 0 aliphatic carbocycles. The lowest BCUT2D eigenvalue weighted by Crippen LogP contribution is -2.37. The fraction of sp³-hybridized carbons (Fsp3) is 1.00. The Balaban J connectivity index is 1.63. The van der Waals surface area contributed by atoms with Crippen LogP contribution >= 0.6 is 0 Å². The average molecular weight is 325 g/mol. The molecule has 0 atom stereocenters. The maximum absolute atomic E-state index is 2.70. The summed E-state index contributed by atoms with van der Waals surface area (Å²) in [4.78, 5) is 10.7. The fourth-order valence-electron chi connectivity index (χ4n) is 3.98. The Morgan fingerprint density at radius 3 is 1.39 bits per heavy atom. The van der Waals surface area contributed by atoms with Gasteiger partial charge in [-0.05, 0) is 86.2 Å². The van der Waals surface area contributed by atoms with Crippen LogP contribution in [0.4, 0.5) is 0 Å². The molecule has 2 heterocycles. The summed E-state index contributed by atoms with van der Waals surface area (Å²) in [6.07, 6.45) is 4.01. The molecule has 23 heavy (non-hydrogen) atoms. The molecule has 0 saturated carbocycles. The Bertz CT molecular complexity index is 288. The van der Waals surface area contributed by atoms with Gasteiger partial charge in [0.2, 0.25) is 0 Å². The number of nitrogens with zero attached hydrogens (tertiary/aromatic N) is 4. The molecule has 0 aromatic carbocycles. The highest BCUT2D eigenvalue weighted by molar-refractivity contribution is 4.74. The van der Waals surface area contributed by atoms with Gasteiger partial charge in [0, 0.05) is 38.3 Å². The van der Waals surface area contributed by atoms with Crippen molar-refractivity contribution in [2.45, 2.75) is 59.0 Å². The smallest absolute Gasteiger partial charge is 0.0112 e. The fourth-order valence-corrected chi connectivity index (χ4v) is 3.98. The minimum Gasteiger partial charge on any atom is -0.302 e. The highest BCUT2D eigenvalue weighted by Crippen LogP contribution is 2.09. The van der Waals surface area contributed by atoms with E-state index in [1.54, 1.807) is 0 Å². The summed E-state index contributed by atoms with van der Waals surface area (Å²) in [6, 6.07) is 1.41. The molecule has 0 radical (unpaired) electrons. The zero-order valence-electron chi connectivity index (χ0n) is 16.1. The van der Waals surface area contributed by atoms with Gasteiger partial charge in [-0.15, -0.1) is 0 Å². The van der Waals surface area contributed by atoms with Gasteiger partial charge in [0.15, 0.2) is 0 Å². The van der Waals surface area contributed by atoms with E-state index in [2.05, 4.69) is 47.3 Å². The Kier molecular flexibility index (Phi) is 8.31. The van der Waals surface area contributed by atoms with Crippen LogP contribution in [0.3, 0.4) is 0 Å². The molecule has 0 N–H and O–H groups in total. The van der Waals surface area contributed by atoms with Crippen molar-refractivity contribution in [1.29, 1.82) is 0 Å². The van der Waals surface area contributed by atoms with Gasteiger partial charge in [-0.25, -0.2) is 0 Å². The summed E-state index contributed by atoms with van der Waals surface area (Å²) >= 11 is 0. The Labute approximate surface area is 144 Å². The molecule has 2 aliphatic heterocycles. The number of hydrogen-bond acceptors (Lipinski definition) is 4. The van der Waals surface area contributed by atoms with Crippen LogP contribution in [0.15, 0.2) is 0 Å². The van der Waals surface area contributed by atoms with Crippen molar-refractivity contribution in [1.82, 2.24) is 19.6 Å². The zero-order valence-corrected chi connectivity index (χ0v) is 16.1. The van der Waals surface area contributed by atoms with Gasteiger partial charge in [-0.3, -0.25) is 9.80 Å². The highest BCUT2D eigenvalue weighted by Gasteiger charge is 2.18. The Morgan fingerprint density at radius 1 is 0.565 bits per heavy atom. The van der Waals surface area contributed by atoms with E-state index in [0.717, 1.165) is 0 Å². The van der Waals surface area contributed by atoms with Gasteiger partial charge in [-0.1, -0.05) is 0 Å². The lowest BCUT2D eigenvalue weighted by molar-refractivity contribution is 0.204. The van der Waals surface area contributed by atoms with E-state index in [1.807, 2.05) is 0 Å². The van der Waals surface area contributed by atoms with Crippen LogP contribution in [0.2, 0.25) is 0 Å². The molecule has 0 amide bonds. The molecule has 2 saturated heterocycles. The van der Waals surface area contributed by atoms with Gasteiger partial charge >= 0.3 is 0 Å². The lowest BCUT2D eigenvalue weighted by atomic mass is 10.3. The van der Waals surface area contributed by atoms with Gasteiger partial charge in [0.25, 0.3) is 0 Å². The van der Waals surface area contributed by atoms with Crippen molar-refractivity contribution >= 4 is 0 Å². The van der Waals surface area contributed by atoms with Gasteiger partial charge in [-0.2, -0.15) is 0 Å². The second-order valence-corrected chi connectivity index (χ2v) is 8.00. The van der Waals surface area contributed by atoms with Crippen molar-refractivity contribution in [3.63, 3.8) is 0 Å². The zero-order chi connectivity index (χ0) is 16.7. The van der Waals surface area contributed by atoms with Gasteiger partial charge in [0.05, 0.1) is 0 Å². The van der Waals surface area contributed by atoms with Crippen molar-refractivity contribution < 1.29 is 0 Å². The van der Waals surface area contributed by atoms with E-state index in [0.29, 0.717) is 12.1 Å². The molecule has 0 bridgehead atoms. The summed E-state index contributed by atoms with van der Waals surface area (Å²) < 4.78 is 0. The molecule has 0 spiro atoms. The minimum absolute atomic E-state index is 0.705. The summed E-state index contributed by atoms with van der Waals surface area (Å²) in [7, 11) is 0. The van der Waals surface area contributed by atoms with Crippen LogP contribution < -0.4 is 0 Å². The predicted molar refractivity (Wildman–Crippen MR) is 100 cm³/mol. The van der Waals surface area contributed by atoms with Crippen LogP contribution in [-0.4, -0.2) is 97.1 Å². The summed E-state index contributed by atoms with van der Waals surface area (Å²) in [5.41, 5.74) is 0. The SMILES string of the molecule is CC(C)N1CCCN(CCCN2CCCN(C(C)C)CC2)CC1. The number of hydrogen-bond donors (Lipinski definition) is 0. The van der Waals surface area contributed by atoms with Gasteiger partial charge < -0.3 is 9.80 Å². The van der Waals surface area contributed by atoms with E-state index >= 15 is 0 Å². The van der Waals surface area contributed by atoms with Crippen molar-refractivity contribution in [3.05, 3.63) is 0 Å². The molecule has 2 aliphatic rings. The lowest BCUT2D eigenvalue weighted by Gasteiger charge is -2.26. The van der Waals surface area contributed by atoms with Crippen LogP contribution in [0, 0.1) is 0 Å². The summed E-state index contributed by atoms with van der Waals surface area (Å²) in [5, 5.41) is 0. The molecular formula is C19H40N4. The first-order chi connectivity index (χ1) is 11.1. The molecule has 0 aromatic rings. The molecule has 2 fully saturated rings. The third kappa shape index (κ3) is 6.69. The molecule has 0 aromatic heterocycles. The van der Waals surface area contributed by atoms with Crippen molar-refractivity contribution in [2.75, 3.05) is 65.4 Å². The topological polar surface area (TPSA) is 13.0 Å². The molecular weight excluding hydrogens is 284 g/mol. The maximum Gasteiger partial charge on any atom is 0.0112 e. The average Bonchev–Trinajstić information content (AvgIpc) is 2.88. The third-order valence-corrected chi connectivity index (χ3v) is 5.66. The van der Waals surface area contributed by atoms with E-state index in [-0.39, 0.29) is 0 Å². The quantitative estimate of drug-likeness (QED) is 0.742. The monoisotopic (exact) mass is 324 g/mol. The minimum atomic E-state index is 0.705. The Hall–Kier alpha value is -0.160. The molecule has 4 heteroatoms. The molecule has 4 nitrogen and oxygen atoms in total. The van der Waals surface area contributed by atoms with Crippen LogP contribution in [0.5, 0.6) is 0 Å². The van der Waals surface area contributed by atoms with Gasteiger partial charge in [0.1, 0.15) is 0 Å². The maximum atomic E-state index is 2.70. The van der Waals surface area contributed by atoms with E-state index < -0.39 is 0 Å². The van der Waals surface area contributed by atoms with Crippen LogP contribution in [-0.2, 0) is 0 Å². The molecule has 2 rings (SSSR count). The summed E-state index contributed by atoms with van der Waals surface area (Å²) in [6.45, 7) is 22.1. The molecule has 136 valence electrons. The first-order valence-corrected chi connectivity index (χ1v) is 9.99. The second-order valence-electron chi connectivity index (χ2n) is 8.00. The molecule has 0 unspecified atom stereocenters. The van der Waals surface area contributed by atoms with E-state index in [4.69, 9.17) is 0 Å². The Morgan fingerprint density at radius 2 is 1.00 bits per heavy atom. The second kappa shape index (κ2) is 9.97. The standard InChI is InChI=1S/C19H40N4/c1-18(2)22-12-6-10-20(14-16-22)8-5-9-21-11-7-13-23(17-15-21)19(3)4/h18-19H,5-17H2,1-4H3. The van der Waals surface area contributed by atoms with E-state index in [9.17, 15) is 0 Å². The number of rotatable bonds is 6. The predicted octanol–water partition coefficient (Wildman–Crippen LogP) is 2.21. The van der Waals surface area contributed by atoms with Crippen LogP contribution in [0.25, 0.3) is 0 Å². The van der Waals surface area contributed by atoms with Crippen molar-refractivity contribution in [2.24, 2.45) is 0 Å². The van der Waals surface area contributed by atoms with E-state index in [1.165, 1.54) is 84.7 Å². The normalized spacial score (nSPS) is 24.3. The van der Waals surface area contributed by atoms with Crippen LogP contribution in [0.1, 0.15) is 47.0 Å². The largest absolute Gasteiger partial charge is 0.302 e. The first-order valence-electron chi connectivity index (χ1n) is 9.99. The first kappa shape index (κ1) is 19.2. The summed E-state index contributed by atoms with van der Waals surface area (Å²) in [5.74, 6) is 0. The highest BCUT2D eigenvalue weighted by atomic mass is 15.2. The van der Waals surface area contributed by atoms with Crippen molar-refractivity contribution in [3.8, 4) is 0 Å².